The molecule has 1 rings (SSSR count). The number of nitrogens with zero attached hydrogens (tertiary/aromatic N) is 2. The van der Waals surface area contributed by atoms with Crippen molar-refractivity contribution in [3.63, 3.8) is 0 Å². The third-order valence-corrected chi connectivity index (χ3v) is 3.05. The van der Waals surface area contributed by atoms with E-state index in [9.17, 15) is 0 Å². The largest absolute Gasteiger partial charge is 0.412 e. The van der Waals surface area contributed by atoms with E-state index < -0.39 is 0 Å². The van der Waals surface area contributed by atoms with Crippen LogP contribution in [0.4, 0.5) is 0 Å². The molecule has 1 aromatic rings. The highest BCUT2D eigenvalue weighted by molar-refractivity contribution is 4.88. The van der Waals surface area contributed by atoms with Gasteiger partial charge in [0.15, 0.2) is 0 Å². The molecule has 4 N–H and O–H groups in total. The van der Waals surface area contributed by atoms with Crippen molar-refractivity contribution in [1.82, 2.24) is 9.88 Å². The maximum atomic E-state index is 4.50. The van der Waals surface area contributed by atoms with Gasteiger partial charge >= 0.3 is 0 Å². The Labute approximate surface area is 138 Å². The van der Waals surface area contributed by atoms with E-state index in [4.69, 9.17) is 0 Å². The molecule has 132 valence electrons. The minimum absolute atomic E-state index is 0. The SMILES string of the molecule is CCCCN(CCCC)CCCC.CN.O.c1ccncc1. The van der Waals surface area contributed by atoms with E-state index in [0.717, 1.165) is 0 Å². The zero-order valence-electron chi connectivity index (χ0n) is 15.2. The molecule has 0 saturated heterocycles. The lowest BCUT2D eigenvalue weighted by atomic mass is 10.2. The summed E-state index contributed by atoms with van der Waals surface area (Å²) in [6.07, 6.45) is 11.6. The van der Waals surface area contributed by atoms with Crippen LogP contribution in [-0.2, 0) is 0 Å². The van der Waals surface area contributed by atoms with Gasteiger partial charge in [0, 0.05) is 12.4 Å². The van der Waals surface area contributed by atoms with Gasteiger partial charge in [-0.2, -0.15) is 0 Å². The summed E-state index contributed by atoms with van der Waals surface area (Å²) >= 11 is 0. The molecule has 0 aliphatic rings. The van der Waals surface area contributed by atoms with Crippen molar-refractivity contribution in [3.8, 4) is 0 Å². The summed E-state index contributed by atoms with van der Waals surface area (Å²) in [6, 6.07) is 5.72. The number of aromatic nitrogens is 1. The molecule has 0 aromatic carbocycles. The van der Waals surface area contributed by atoms with Gasteiger partial charge < -0.3 is 16.1 Å². The topological polar surface area (TPSA) is 73.7 Å². The van der Waals surface area contributed by atoms with E-state index in [1.165, 1.54) is 65.2 Å². The monoisotopic (exact) mass is 313 g/mol. The van der Waals surface area contributed by atoms with Crippen molar-refractivity contribution in [2.75, 3.05) is 26.7 Å². The van der Waals surface area contributed by atoms with Crippen LogP contribution in [0.1, 0.15) is 59.3 Å². The second-order valence-corrected chi connectivity index (χ2v) is 4.93. The predicted octanol–water partition coefficient (Wildman–Crippen LogP) is 3.52. The minimum atomic E-state index is 0. The molecule has 0 spiro atoms. The van der Waals surface area contributed by atoms with Crippen molar-refractivity contribution in [3.05, 3.63) is 30.6 Å². The third-order valence-electron chi connectivity index (χ3n) is 3.05. The standard InChI is InChI=1S/C12H27N.C5H5N.CH5N.H2O/c1-4-7-10-13(11-8-5-2)12-9-6-3;1-2-4-6-5-3-1;1-2;/h4-12H2,1-3H3;1-5H;2H2,1H3;1H2. The Bertz CT molecular complexity index is 212. The average molecular weight is 314 g/mol. The molecule has 0 bridgehead atoms. The molecule has 4 nitrogen and oxygen atoms in total. The van der Waals surface area contributed by atoms with Crippen LogP contribution in [-0.4, -0.2) is 42.0 Å². The summed E-state index contributed by atoms with van der Waals surface area (Å²) in [5.41, 5.74) is 4.50. The smallest absolute Gasteiger partial charge is 0.0267 e. The van der Waals surface area contributed by atoms with Crippen LogP contribution in [0.15, 0.2) is 30.6 Å². The van der Waals surface area contributed by atoms with Gasteiger partial charge in [-0.05, 0) is 58.1 Å². The fraction of sp³-hybridized carbons (Fsp3) is 0.722. The Balaban J connectivity index is -0.000000334. The molecule has 0 aliphatic heterocycles. The number of pyridine rings is 1. The summed E-state index contributed by atoms with van der Waals surface area (Å²) in [6.45, 7) is 10.8. The van der Waals surface area contributed by atoms with Crippen LogP contribution < -0.4 is 5.73 Å². The van der Waals surface area contributed by atoms with E-state index in [1.54, 1.807) is 12.4 Å². The van der Waals surface area contributed by atoms with Crippen molar-refractivity contribution in [2.24, 2.45) is 5.73 Å². The zero-order chi connectivity index (χ0) is 16.2. The summed E-state index contributed by atoms with van der Waals surface area (Å²) in [4.78, 5) is 6.42. The molecule has 0 saturated carbocycles. The molecule has 0 fully saturated rings. The van der Waals surface area contributed by atoms with Crippen molar-refractivity contribution in [1.29, 1.82) is 0 Å². The second-order valence-electron chi connectivity index (χ2n) is 4.93. The number of nitrogens with two attached hydrogens (primary N) is 1. The Hall–Kier alpha value is -0.970. The molecule has 22 heavy (non-hydrogen) atoms. The molecular formula is C18H39N3O. The molecule has 1 heterocycles. The predicted molar refractivity (Wildman–Crippen MR) is 99.1 cm³/mol. The van der Waals surface area contributed by atoms with Crippen molar-refractivity contribution >= 4 is 0 Å². The molecule has 0 radical (unpaired) electrons. The highest BCUT2D eigenvalue weighted by Crippen LogP contribution is 2.01. The van der Waals surface area contributed by atoms with Gasteiger partial charge in [0.2, 0.25) is 0 Å². The van der Waals surface area contributed by atoms with Crippen LogP contribution in [0.5, 0.6) is 0 Å². The Kier molecular flexibility index (Phi) is 29.5. The van der Waals surface area contributed by atoms with E-state index in [1.807, 2.05) is 18.2 Å². The van der Waals surface area contributed by atoms with Gasteiger partial charge in [-0.3, -0.25) is 4.98 Å². The van der Waals surface area contributed by atoms with Crippen LogP contribution >= 0.6 is 0 Å². The fourth-order valence-corrected chi connectivity index (χ4v) is 1.79. The zero-order valence-corrected chi connectivity index (χ0v) is 15.2. The van der Waals surface area contributed by atoms with E-state index in [-0.39, 0.29) is 5.48 Å². The number of unbranched alkanes of at least 4 members (excludes halogenated alkanes) is 3. The van der Waals surface area contributed by atoms with Crippen molar-refractivity contribution in [2.45, 2.75) is 59.3 Å². The molecule has 0 unspecified atom stereocenters. The first-order valence-electron chi connectivity index (χ1n) is 8.50. The average Bonchev–Trinajstić information content (AvgIpc) is 2.58. The molecule has 4 heteroatoms. The van der Waals surface area contributed by atoms with Gasteiger partial charge in [0.1, 0.15) is 0 Å². The summed E-state index contributed by atoms with van der Waals surface area (Å²) in [5, 5.41) is 0. The Morgan fingerprint density at radius 1 is 0.727 bits per heavy atom. The third kappa shape index (κ3) is 21.3. The van der Waals surface area contributed by atoms with Crippen LogP contribution in [0.3, 0.4) is 0 Å². The van der Waals surface area contributed by atoms with E-state index in [0.29, 0.717) is 0 Å². The Morgan fingerprint density at radius 3 is 1.27 bits per heavy atom. The quantitative estimate of drug-likeness (QED) is 0.758. The Morgan fingerprint density at radius 2 is 1.09 bits per heavy atom. The lowest BCUT2D eigenvalue weighted by molar-refractivity contribution is 0.261. The van der Waals surface area contributed by atoms with E-state index in [2.05, 4.69) is 36.4 Å². The van der Waals surface area contributed by atoms with Gasteiger partial charge in [-0.25, -0.2) is 0 Å². The first-order chi connectivity index (χ1) is 10.3. The summed E-state index contributed by atoms with van der Waals surface area (Å²) in [5.74, 6) is 0. The van der Waals surface area contributed by atoms with E-state index >= 15 is 0 Å². The number of rotatable bonds is 9. The first kappa shape index (κ1) is 26.0. The molecule has 0 amide bonds. The highest BCUT2D eigenvalue weighted by atomic mass is 16.0. The minimum Gasteiger partial charge on any atom is -0.412 e. The first-order valence-corrected chi connectivity index (χ1v) is 8.50. The van der Waals surface area contributed by atoms with Crippen LogP contribution in [0.2, 0.25) is 0 Å². The van der Waals surface area contributed by atoms with Gasteiger partial charge in [0.25, 0.3) is 0 Å². The molecule has 0 aliphatic carbocycles. The molecule has 1 aromatic heterocycles. The van der Waals surface area contributed by atoms with Gasteiger partial charge in [0.05, 0.1) is 0 Å². The lowest BCUT2D eigenvalue weighted by Crippen LogP contribution is -2.27. The van der Waals surface area contributed by atoms with Crippen LogP contribution in [0, 0.1) is 0 Å². The number of hydrogen-bond acceptors (Lipinski definition) is 3. The fourth-order valence-electron chi connectivity index (χ4n) is 1.79. The molecular weight excluding hydrogens is 274 g/mol. The normalized spacial score (nSPS) is 9.00. The maximum absolute atomic E-state index is 4.50. The van der Waals surface area contributed by atoms with Crippen molar-refractivity contribution < 1.29 is 5.48 Å². The maximum Gasteiger partial charge on any atom is 0.0267 e. The van der Waals surface area contributed by atoms with Gasteiger partial charge in [-0.15, -0.1) is 0 Å². The summed E-state index contributed by atoms with van der Waals surface area (Å²) < 4.78 is 0. The summed E-state index contributed by atoms with van der Waals surface area (Å²) in [7, 11) is 1.50. The number of hydrogen-bond donors (Lipinski definition) is 1. The van der Waals surface area contributed by atoms with Crippen LogP contribution in [0.25, 0.3) is 0 Å². The van der Waals surface area contributed by atoms with Gasteiger partial charge in [-0.1, -0.05) is 46.1 Å². The highest BCUT2D eigenvalue weighted by Gasteiger charge is 2.01. The second kappa shape index (κ2) is 25.0. The lowest BCUT2D eigenvalue weighted by Gasteiger charge is -2.21. The molecule has 0 atom stereocenters.